The van der Waals surface area contributed by atoms with Crippen molar-refractivity contribution in [1.29, 1.82) is 0 Å². The number of aromatic nitrogens is 2. The van der Waals surface area contributed by atoms with E-state index in [0.29, 0.717) is 5.69 Å². The lowest BCUT2D eigenvalue weighted by atomic mass is 10.0. The number of hydrogen-bond acceptors (Lipinski definition) is 5. The number of thiophene rings is 1. The predicted octanol–water partition coefficient (Wildman–Crippen LogP) is 4.75. The van der Waals surface area contributed by atoms with Crippen LogP contribution in [0.2, 0.25) is 0 Å². The molecule has 4 aromatic rings. The highest BCUT2D eigenvalue weighted by Gasteiger charge is 2.24. The number of rotatable bonds is 5. The zero-order chi connectivity index (χ0) is 19.7. The molecular weight excluding hydrogens is 391 g/mol. The Morgan fingerprint density at radius 3 is 2.75 bits per heavy atom. The molecule has 3 heterocycles. The third kappa shape index (κ3) is 3.36. The average Bonchev–Trinajstić information content (AvgIpc) is 3.35. The SMILES string of the molecule is O=C(NCC(F)F)c1cc(-c2cccs2)nc2onc(-c3ccccc3F)c12. The molecule has 0 bridgehead atoms. The largest absolute Gasteiger partial charge is 0.346 e. The number of nitrogens with zero attached hydrogens (tertiary/aromatic N) is 2. The molecule has 0 aliphatic heterocycles. The fraction of sp³-hybridized carbons (Fsp3) is 0.105. The molecule has 5 nitrogen and oxygen atoms in total. The summed E-state index contributed by atoms with van der Waals surface area (Å²) in [6, 6.07) is 11.0. The molecule has 0 unspecified atom stereocenters. The molecule has 1 amide bonds. The Balaban J connectivity index is 1.92. The number of hydrogen-bond donors (Lipinski definition) is 1. The highest BCUT2D eigenvalue weighted by atomic mass is 32.1. The normalized spacial score (nSPS) is 11.3. The van der Waals surface area contributed by atoms with Crippen molar-refractivity contribution in [3.63, 3.8) is 0 Å². The highest BCUT2D eigenvalue weighted by Crippen LogP contribution is 2.34. The first-order valence-corrected chi connectivity index (χ1v) is 9.08. The molecule has 0 fully saturated rings. The van der Waals surface area contributed by atoms with E-state index in [4.69, 9.17) is 4.52 Å². The third-order valence-corrected chi connectivity index (χ3v) is 4.90. The Morgan fingerprint density at radius 1 is 1.21 bits per heavy atom. The van der Waals surface area contributed by atoms with Crippen LogP contribution in [0.15, 0.2) is 52.4 Å². The molecule has 0 atom stereocenters. The zero-order valence-electron chi connectivity index (χ0n) is 14.2. The van der Waals surface area contributed by atoms with E-state index >= 15 is 0 Å². The minimum atomic E-state index is -2.70. The second-order valence-corrected chi connectivity index (χ2v) is 6.77. The number of fused-ring (bicyclic) bond motifs is 1. The topological polar surface area (TPSA) is 68.0 Å². The number of carbonyl (C=O) groups is 1. The van der Waals surface area contributed by atoms with Crippen molar-refractivity contribution >= 4 is 28.3 Å². The van der Waals surface area contributed by atoms with Gasteiger partial charge < -0.3 is 9.84 Å². The zero-order valence-corrected chi connectivity index (χ0v) is 15.0. The van der Waals surface area contributed by atoms with Gasteiger partial charge in [-0.05, 0) is 29.6 Å². The molecule has 0 aliphatic rings. The Morgan fingerprint density at radius 2 is 2.04 bits per heavy atom. The maximum atomic E-state index is 14.3. The summed E-state index contributed by atoms with van der Waals surface area (Å²) >= 11 is 1.39. The summed E-state index contributed by atoms with van der Waals surface area (Å²) in [7, 11) is 0. The van der Waals surface area contributed by atoms with E-state index in [1.807, 2.05) is 11.4 Å². The Labute approximate surface area is 160 Å². The van der Waals surface area contributed by atoms with Gasteiger partial charge in [0.2, 0.25) is 0 Å². The molecule has 3 aromatic heterocycles. The summed E-state index contributed by atoms with van der Waals surface area (Å²) in [6.45, 7) is -0.808. The van der Waals surface area contributed by atoms with Crippen molar-refractivity contribution in [2.75, 3.05) is 6.54 Å². The summed E-state index contributed by atoms with van der Waals surface area (Å²) < 4.78 is 44.6. The van der Waals surface area contributed by atoms with E-state index < -0.39 is 24.7 Å². The van der Waals surface area contributed by atoms with Crippen molar-refractivity contribution < 1.29 is 22.5 Å². The van der Waals surface area contributed by atoms with Crippen LogP contribution in [0.4, 0.5) is 13.2 Å². The number of alkyl halides is 2. The first kappa shape index (κ1) is 18.2. The van der Waals surface area contributed by atoms with E-state index in [-0.39, 0.29) is 27.9 Å². The number of carbonyl (C=O) groups excluding carboxylic acids is 1. The van der Waals surface area contributed by atoms with Gasteiger partial charge in [0, 0.05) is 5.56 Å². The standard InChI is InChI=1S/C19H12F3N3O2S/c20-12-5-2-1-4-10(12)17-16-11(18(26)23-9-15(21)22)8-13(14-6-3-7-28-14)24-19(16)27-25-17/h1-8,15H,9H2,(H,23,26). The number of halogens is 3. The molecule has 1 aromatic carbocycles. The quantitative estimate of drug-likeness (QED) is 0.522. The first-order valence-electron chi connectivity index (χ1n) is 8.20. The summed E-state index contributed by atoms with van der Waals surface area (Å²) in [6.07, 6.45) is -2.70. The summed E-state index contributed by atoms with van der Waals surface area (Å²) in [5.74, 6) is -1.30. The second-order valence-electron chi connectivity index (χ2n) is 5.82. The average molecular weight is 403 g/mol. The monoisotopic (exact) mass is 403 g/mol. The van der Waals surface area contributed by atoms with Gasteiger partial charge in [0.25, 0.3) is 18.0 Å². The van der Waals surface area contributed by atoms with Gasteiger partial charge in [-0.1, -0.05) is 23.4 Å². The predicted molar refractivity (Wildman–Crippen MR) is 98.8 cm³/mol. The second kappa shape index (κ2) is 7.43. The molecule has 28 heavy (non-hydrogen) atoms. The van der Waals surface area contributed by atoms with Crippen LogP contribution in [0, 0.1) is 5.82 Å². The van der Waals surface area contributed by atoms with Gasteiger partial charge in [-0.3, -0.25) is 4.79 Å². The van der Waals surface area contributed by atoms with Crippen LogP contribution >= 0.6 is 11.3 Å². The molecule has 1 N–H and O–H groups in total. The molecule has 0 saturated carbocycles. The molecular formula is C19H12F3N3O2S. The molecule has 9 heteroatoms. The smallest absolute Gasteiger partial charge is 0.259 e. The maximum Gasteiger partial charge on any atom is 0.259 e. The summed E-state index contributed by atoms with van der Waals surface area (Å²) in [5, 5.41) is 8.05. The van der Waals surface area contributed by atoms with Crippen LogP contribution < -0.4 is 5.32 Å². The van der Waals surface area contributed by atoms with Crippen molar-refractivity contribution in [2.45, 2.75) is 6.43 Å². The highest BCUT2D eigenvalue weighted by molar-refractivity contribution is 7.13. The first-order chi connectivity index (χ1) is 13.5. The molecule has 0 aliphatic carbocycles. The van der Waals surface area contributed by atoms with Gasteiger partial charge in [0.15, 0.2) is 0 Å². The summed E-state index contributed by atoms with van der Waals surface area (Å²) in [5.41, 5.74) is 0.691. The molecule has 0 radical (unpaired) electrons. The molecule has 0 spiro atoms. The van der Waals surface area contributed by atoms with Gasteiger partial charge in [0.05, 0.1) is 28.1 Å². The lowest BCUT2D eigenvalue weighted by Gasteiger charge is -2.08. The van der Waals surface area contributed by atoms with Crippen LogP contribution in [0.1, 0.15) is 10.4 Å². The fourth-order valence-corrected chi connectivity index (χ4v) is 3.47. The van der Waals surface area contributed by atoms with Gasteiger partial charge >= 0.3 is 0 Å². The van der Waals surface area contributed by atoms with Gasteiger partial charge in [-0.2, -0.15) is 0 Å². The minimum Gasteiger partial charge on any atom is -0.346 e. The van der Waals surface area contributed by atoms with Crippen LogP contribution in [0.5, 0.6) is 0 Å². The molecule has 0 saturated heterocycles. The Kier molecular flexibility index (Phi) is 4.82. The van der Waals surface area contributed by atoms with Gasteiger partial charge in [0.1, 0.15) is 11.5 Å². The van der Waals surface area contributed by atoms with E-state index in [9.17, 15) is 18.0 Å². The number of benzene rings is 1. The van der Waals surface area contributed by atoms with E-state index in [2.05, 4.69) is 15.5 Å². The minimum absolute atomic E-state index is 0.0198. The lowest BCUT2D eigenvalue weighted by molar-refractivity contribution is 0.0893. The maximum absolute atomic E-state index is 14.3. The van der Waals surface area contributed by atoms with Crippen LogP contribution in [0.3, 0.4) is 0 Å². The third-order valence-electron chi connectivity index (χ3n) is 4.01. The Hall–Kier alpha value is -3.20. The number of amides is 1. The summed E-state index contributed by atoms with van der Waals surface area (Å²) in [4.78, 5) is 17.7. The Bertz CT molecular complexity index is 1140. The van der Waals surface area contributed by atoms with E-state index in [1.54, 1.807) is 12.1 Å². The van der Waals surface area contributed by atoms with E-state index in [1.165, 1.54) is 35.6 Å². The number of nitrogens with one attached hydrogen (secondary N) is 1. The van der Waals surface area contributed by atoms with Crippen LogP contribution in [-0.4, -0.2) is 29.0 Å². The van der Waals surface area contributed by atoms with Crippen LogP contribution in [0.25, 0.3) is 32.9 Å². The van der Waals surface area contributed by atoms with Crippen molar-refractivity contribution in [3.8, 4) is 21.8 Å². The molecule has 142 valence electrons. The lowest BCUT2D eigenvalue weighted by Crippen LogP contribution is -2.28. The number of pyridine rings is 1. The van der Waals surface area contributed by atoms with Crippen molar-refractivity contribution in [3.05, 3.63) is 59.2 Å². The van der Waals surface area contributed by atoms with Crippen molar-refractivity contribution in [1.82, 2.24) is 15.5 Å². The fourth-order valence-electron chi connectivity index (χ4n) is 2.78. The van der Waals surface area contributed by atoms with Crippen LogP contribution in [-0.2, 0) is 0 Å². The van der Waals surface area contributed by atoms with E-state index in [0.717, 1.165) is 4.88 Å². The van der Waals surface area contributed by atoms with Crippen molar-refractivity contribution in [2.24, 2.45) is 0 Å². The van der Waals surface area contributed by atoms with Gasteiger partial charge in [-0.25, -0.2) is 18.2 Å². The molecule has 4 rings (SSSR count). The van der Waals surface area contributed by atoms with Gasteiger partial charge in [-0.15, -0.1) is 11.3 Å².